The topological polar surface area (TPSA) is 89.6 Å². The number of unbranched alkanes of at least 4 members (excludes halogenated alkanes) is 3. The number of hydrogen-bond acceptors (Lipinski definition) is 6. The smallest absolute Gasteiger partial charge is 0.484 e. The van der Waals surface area contributed by atoms with Gasteiger partial charge in [0, 0.05) is 11.9 Å². The highest BCUT2D eigenvalue weighted by Crippen LogP contribution is 2.24. The van der Waals surface area contributed by atoms with Crippen LogP contribution in [0, 0.1) is 5.92 Å². The van der Waals surface area contributed by atoms with Crippen molar-refractivity contribution in [2.45, 2.75) is 58.9 Å². The summed E-state index contributed by atoms with van der Waals surface area (Å²) in [6.45, 7) is 4.84. The van der Waals surface area contributed by atoms with Crippen LogP contribution in [0.25, 0.3) is 0 Å². The highest BCUT2D eigenvalue weighted by atomic mass is 32.1. The minimum atomic E-state index is -4.77. The first-order valence-corrected chi connectivity index (χ1v) is 12.0. The summed E-state index contributed by atoms with van der Waals surface area (Å²) in [5, 5.41) is 7.69. The number of aromatic nitrogens is 1. The number of nitrogens with zero attached hydrogens (tertiary/aromatic N) is 1. The van der Waals surface area contributed by atoms with Crippen LogP contribution < -0.4 is 20.1 Å². The van der Waals surface area contributed by atoms with Crippen LogP contribution in [0.2, 0.25) is 0 Å². The van der Waals surface area contributed by atoms with E-state index in [1.54, 1.807) is 5.38 Å². The normalized spacial score (nSPS) is 11.4. The fourth-order valence-corrected chi connectivity index (χ4v) is 3.65. The number of ether oxygens (including phenoxy) is 2. The molecule has 1 heterocycles. The maximum atomic E-state index is 12.2. The number of carbonyl (C=O) groups is 2. The lowest BCUT2D eigenvalue weighted by molar-refractivity contribution is -0.274. The first kappa shape index (κ1) is 27.4. The van der Waals surface area contributed by atoms with Gasteiger partial charge in [0.15, 0.2) is 6.61 Å². The van der Waals surface area contributed by atoms with Gasteiger partial charge in [-0.3, -0.25) is 9.59 Å². The monoisotopic (exact) mass is 501 g/mol. The Morgan fingerprint density at radius 1 is 1.03 bits per heavy atom. The highest BCUT2D eigenvalue weighted by molar-refractivity contribution is 7.09. The van der Waals surface area contributed by atoms with E-state index in [9.17, 15) is 22.8 Å². The van der Waals surface area contributed by atoms with Gasteiger partial charge in [0.25, 0.3) is 11.8 Å². The number of nitrogens with one attached hydrogen (secondary N) is 2. The number of amides is 2. The SMILES string of the molecule is CC(C)CCCCCCNC(=O)c1csc(CNC(=O)COc2ccc(OC(F)(F)F)cc2)n1. The predicted octanol–water partition coefficient (Wildman–Crippen LogP) is 5.07. The van der Waals surface area contributed by atoms with Crippen molar-refractivity contribution >= 4 is 23.2 Å². The molecule has 0 aliphatic rings. The molecule has 2 rings (SSSR count). The molecule has 2 amide bonds. The molecule has 2 aromatic rings. The van der Waals surface area contributed by atoms with E-state index in [1.807, 2.05) is 0 Å². The van der Waals surface area contributed by atoms with Gasteiger partial charge in [-0.05, 0) is 36.6 Å². The van der Waals surface area contributed by atoms with Crippen molar-refractivity contribution < 1.29 is 32.2 Å². The third kappa shape index (κ3) is 11.4. The Morgan fingerprint density at radius 2 is 1.71 bits per heavy atom. The van der Waals surface area contributed by atoms with E-state index in [1.165, 1.54) is 36.3 Å². The van der Waals surface area contributed by atoms with Crippen LogP contribution in [-0.2, 0) is 11.3 Å². The van der Waals surface area contributed by atoms with Crippen molar-refractivity contribution in [1.29, 1.82) is 0 Å². The summed E-state index contributed by atoms with van der Waals surface area (Å²) in [7, 11) is 0. The fourth-order valence-electron chi connectivity index (χ4n) is 2.93. The number of carbonyl (C=O) groups excluding carboxylic acids is 2. The summed E-state index contributed by atoms with van der Waals surface area (Å²) in [6, 6.07) is 4.73. The third-order valence-electron chi connectivity index (χ3n) is 4.64. The number of thiazole rings is 1. The molecule has 1 aromatic heterocycles. The Balaban J connectivity index is 1.63. The van der Waals surface area contributed by atoms with Crippen molar-refractivity contribution in [2.75, 3.05) is 13.2 Å². The van der Waals surface area contributed by atoms with Crippen molar-refractivity contribution in [3.63, 3.8) is 0 Å². The molecule has 0 aliphatic carbocycles. The second-order valence-electron chi connectivity index (χ2n) is 8.06. The zero-order valence-electron chi connectivity index (χ0n) is 19.2. The Labute approximate surface area is 201 Å². The van der Waals surface area contributed by atoms with Gasteiger partial charge in [-0.25, -0.2) is 4.98 Å². The van der Waals surface area contributed by atoms with Gasteiger partial charge < -0.3 is 20.1 Å². The number of hydrogen-bond donors (Lipinski definition) is 2. The van der Waals surface area contributed by atoms with Crippen LogP contribution >= 0.6 is 11.3 Å². The molecular weight excluding hydrogens is 471 g/mol. The molecule has 0 spiro atoms. The number of halogens is 3. The molecule has 1 aromatic carbocycles. The van der Waals surface area contributed by atoms with E-state index in [4.69, 9.17) is 4.74 Å². The van der Waals surface area contributed by atoms with Gasteiger partial charge in [-0.1, -0.05) is 39.5 Å². The summed E-state index contributed by atoms with van der Waals surface area (Å²) >= 11 is 1.26. The van der Waals surface area contributed by atoms with Gasteiger partial charge in [-0.15, -0.1) is 24.5 Å². The van der Waals surface area contributed by atoms with Gasteiger partial charge in [0.2, 0.25) is 0 Å². The molecule has 0 aliphatic heterocycles. The number of alkyl halides is 3. The van der Waals surface area contributed by atoms with E-state index in [-0.39, 0.29) is 30.6 Å². The summed E-state index contributed by atoms with van der Waals surface area (Å²) in [5.74, 6) is -0.114. The lowest BCUT2D eigenvalue weighted by atomic mass is 10.0. The number of benzene rings is 1. The molecule has 0 saturated heterocycles. The Kier molecular flexibility index (Phi) is 11.1. The minimum absolute atomic E-state index is 0.133. The minimum Gasteiger partial charge on any atom is -0.484 e. The standard InChI is InChI=1S/C23H30F3N3O4S/c1-16(2)7-5-3-4-6-12-27-22(31)19-15-34-21(29-19)13-28-20(30)14-32-17-8-10-18(11-9-17)33-23(24,25)26/h8-11,15-16H,3-7,12-14H2,1-2H3,(H,27,31)(H,28,30). The highest BCUT2D eigenvalue weighted by Gasteiger charge is 2.31. The van der Waals surface area contributed by atoms with Gasteiger partial charge in [0.1, 0.15) is 22.2 Å². The van der Waals surface area contributed by atoms with Crippen LogP contribution in [0.3, 0.4) is 0 Å². The largest absolute Gasteiger partial charge is 0.573 e. The van der Waals surface area contributed by atoms with E-state index < -0.39 is 12.3 Å². The van der Waals surface area contributed by atoms with Crippen LogP contribution in [0.4, 0.5) is 13.2 Å². The zero-order chi connectivity index (χ0) is 25.0. The van der Waals surface area contributed by atoms with Crippen LogP contribution in [0.15, 0.2) is 29.6 Å². The molecule has 11 heteroatoms. The first-order valence-electron chi connectivity index (χ1n) is 11.1. The Morgan fingerprint density at radius 3 is 2.38 bits per heavy atom. The molecular formula is C23H30F3N3O4S. The molecule has 0 radical (unpaired) electrons. The third-order valence-corrected chi connectivity index (χ3v) is 5.49. The molecule has 2 N–H and O–H groups in total. The molecule has 7 nitrogen and oxygen atoms in total. The summed E-state index contributed by atoms with van der Waals surface area (Å²) < 4.78 is 45.5. The lowest BCUT2D eigenvalue weighted by Gasteiger charge is -2.10. The van der Waals surface area contributed by atoms with Gasteiger partial charge in [-0.2, -0.15) is 0 Å². The quantitative estimate of drug-likeness (QED) is 0.353. The second kappa shape index (κ2) is 13.8. The molecule has 0 bridgehead atoms. The van der Waals surface area contributed by atoms with E-state index in [0.717, 1.165) is 37.3 Å². The van der Waals surface area contributed by atoms with Crippen LogP contribution in [0.5, 0.6) is 11.5 Å². The van der Waals surface area contributed by atoms with Crippen molar-refractivity contribution in [1.82, 2.24) is 15.6 Å². The first-order chi connectivity index (χ1) is 16.1. The average molecular weight is 502 g/mol. The molecule has 0 atom stereocenters. The predicted molar refractivity (Wildman–Crippen MR) is 123 cm³/mol. The van der Waals surface area contributed by atoms with Gasteiger partial charge in [0.05, 0.1) is 6.54 Å². The van der Waals surface area contributed by atoms with E-state index in [0.29, 0.717) is 17.2 Å². The van der Waals surface area contributed by atoms with Crippen molar-refractivity contribution in [3.05, 3.63) is 40.3 Å². The van der Waals surface area contributed by atoms with Crippen molar-refractivity contribution in [3.8, 4) is 11.5 Å². The summed E-state index contributed by atoms with van der Waals surface area (Å²) in [4.78, 5) is 28.4. The van der Waals surface area contributed by atoms with Crippen molar-refractivity contribution in [2.24, 2.45) is 5.92 Å². The maximum absolute atomic E-state index is 12.2. The molecule has 34 heavy (non-hydrogen) atoms. The molecule has 188 valence electrons. The summed E-state index contributed by atoms with van der Waals surface area (Å²) in [5.41, 5.74) is 0.312. The molecule has 0 unspecified atom stereocenters. The Hall–Kier alpha value is -2.82. The second-order valence-corrected chi connectivity index (χ2v) is 9.01. The summed E-state index contributed by atoms with van der Waals surface area (Å²) in [6.07, 6.45) is 0.830. The molecule has 0 saturated carbocycles. The molecule has 0 fully saturated rings. The van der Waals surface area contributed by atoms with Crippen LogP contribution in [-0.4, -0.2) is 36.3 Å². The zero-order valence-corrected chi connectivity index (χ0v) is 20.1. The van der Waals surface area contributed by atoms with E-state index >= 15 is 0 Å². The Bertz CT molecular complexity index is 902. The lowest BCUT2D eigenvalue weighted by Crippen LogP contribution is -2.28. The van der Waals surface area contributed by atoms with Gasteiger partial charge >= 0.3 is 6.36 Å². The van der Waals surface area contributed by atoms with E-state index in [2.05, 4.69) is 34.2 Å². The number of rotatable bonds is 14. The fraction of sp³-hybridized carbons (Fsp3) is 0.522. The van der Waals surface area contributed by atoms with Crippen LogP contribution in [0.1, 0.15) is 61.4 Å². The maximum Gasteiger partial charge on any atom is 0.573 e. The average Bonchev–Trinajstić information content (AvgIpc) is 3.24.